The van der Waals surface area contributed by atoms with Crippen LogP contribution in [0.3, 0.4) is 0 Å². The summed E-state index contributed by atoms with van der Waals surface area (Å²) in [6.07, 6.45) is 0. The van der Waals surface area contributed by atoms with Crippen LogP contribution in [0.25, 0.3) is 0 Å². The van der Waals surface area contributed by atoms with Gasteiger partial charge in [0.1, 0.15) is 0 Å². The molecule has 0 spiro atoms. The zero-order valence-electron chi connectivity index (χ0n) is 8.42. The molecular formula is C10H12BrFO3. The van der Waals surface area contributed by atoms with E-state index < -0.39 is 5.82 Å². The first-order valence-electron chi connectivity index (χ1n) is 4.38. The number of methoxy groups -OCH3 is 1. The van der Waals surface area contributed by atoms with Crippen molar-refractivity contribution < 1.29 is 19.3 Å². The Morgan fingerprint density at radius 2 is 2.20 bits per heavy atom. The number of rotatable bonds is 3. The number of aliphatic hydroxyl groups excluding tert-OH is 1. The van der Waals surface area contributed by atoms with Gasteiger partial charge in [0.15, 0.2) is 17.3 Å². The lowest BCUT2D eigenvalue weighted by atomic mass is 10.0. The predicted molar refractivity (Wildman–Crippen MR) is 57.8 cm³/mol. The van der Waals surface area contributed by atoms with Crippen LogP contribution in [0.2, 0.25) is 0 Å². The van der Waals surface area contributed by atoms with Crippen LogP contribution in [-0.4, -0.2) is 23.9 Å². The zero-order chi connectivity index (χ0) is 11.6. The monoisotopic (exact) mass is 278 g/mol. The van der Waals surface area contributed by atoms with Crippen molar-refractivity contribution in [3.8, 4) is 11.5 Å². The average molecular weight is 279 g/mol. The molecular weight excluding hydrogens is 267 g/mol. The second-order valence-corrected chi connectivity index (χ2v) is 4.08. The van der Waals surface area contributed by atoms with Crippen molar-refractivity contribution in [1.82, 2.24) is 0 Å². The number of phenolic OH excluding ortho intramolecular Hbond substituents is 1. The van der Waals surface area contributed by atoms with E-state index in [0.29, 0.717) is 10.0 Å². The van der Waals surface area contributed by atoms with Gasteiger partial charge in [0.2, 0.25) is 0 Å². The van der Waals surface area contributed by atoms with Gasteiger partial charge in [0.05, 0.1) is 7.11 Å². The molecule has 1 atom stereocenters. The molecule has 15 heavy (non-hydrogen) atoms. The van der Waals surface area contributed by atoms with Crippen LogP contribution >= 0.6 is 15.9 Å². The number of phenols is 1. The van der Waals surface area contributed by atoms with Gasteiger partial charge in [-0.25, -0.2) is 4.39 Å². The summed E-state index contributed by atoms with van der Waals surface area (Å²) in [6.45, 7) is 1.50. The number of aromatic hydroxyl groups is 1. The molecule has 1 unspecified atom stereocenters. The maximum Gasteiger partial charge on any atom is 0.196 e. The molecule has 0 fully saturated rings. The summed E-state index contributed by atoms with van der Waals surface area (Å²) in [6, 6.07) is 1.35. The highest BCUT2D eigenvalue weighted by molar-refractivity contribution is 9.10. The first-order valence-corrected chi connectivity index (χ1v) is 5.17. The smallest absolute Gasteiger partial charge is 0.196 e. The minimum absolute atomic E-state index is 0.177. The Morgan fingerprint density at radius 3 is 2.67 bits per heavy atom. The van der Waals surface area contributed by atoms with Crippen LogP contribution < -0.4 is 4.74 Å². The summed E-state index contributed by atoms with van der Waals surface area (Å²) < 4.78 is 19.0. The molecule has 0 heterocycles. The lowest BCUT2D eigenvalue weighted by Gasteiger charge is -2.15. The summed E-state index contributed by atoms with van der Waals surface area (Å²) in [5.74, 6) is -1.48. The van der Waals surface area contributed by atoms with Crippen molar-refractivity contribution in [2.45, 2.75) is 12.8 Å². The number of benzene rings is 1. The van der Waals surface area contributed by atoms with Crippen molar-refractivity contribution >= 4 is 15.9 Å². The van der Waals surface area contributed by atoms with E-state index in [1.165, 1.54) is 13.2 Å². The Kier molecular flexibility index (Phi) is 3.93. The normalized spacial score (nSPS) is 12.6. The van der Waals surface area contributed by atoms with E-state index in [-0.39, 0.29) is 24.0 Å². The van der Waals surface area contributed by atoms with Gasteiger partial charge in [0.25, 0.3) is 0 Å². The van der Waals surface area contributed by atoms with Gasteiger partial charge in [-0.2, -0.15) is 0 Å². The zero-order valence-corrected chi connectivity index (χ0v) is 10.0. The minimum Gasteiger partial charge on any atom is -0.504 e. The maximum absolute atomic E-state index is 13.8. The molecule has 1 aromatic rings. The van der Waals surface area contributed by atoms with Gasteiger partial charge in [-0.15, -0.1) is 0 Å². The van der Waals surface area contributed by atoms with Crippen molar-refractivity contribution in [2.75, 3.05) is 13.7 Å². The molecule has 0 amide bonds. The third-order valence-corrected chi connectivity index (χ3v) is 2.82. The fourth-order valence-electron chi connectivity index (χ4n) is 1.34. The molecule has 0 aromatic heterocycles. The highest BCUT2D eigenvalue weighted by Gasteiger charge is 2.21. The lowest BCUT2D eigenvalue weighted by molar-refractivity contribution is 0.268. The van der Waals surface area contributed by atoms with Crippen LogP contribution in [0.4, 0.5) is 4.39 Å². The molecule has 84 valence electrons. The van der Waals surface area contributed by atoms with Gasteiger partial charge < -0.3 is 14.9 Å². The molecule has 0 saturated heterocycles. The molecule has 5 heteroatoms. The molecule has 0 aliphatic rings. The van der Waals surface area contributed by atoms with E-state index in [1.54, 1.807) is 6.92 Å². The summed E-state index contributed by atoms with van der Waals surface area (Å²) in [7, 11) is 1.28. The first-order chi connectivity index (χ1) is 7.02. The third-order valence-electron chi connectivity index (χ3n) is 2.16. The highest BCUT2D eigenvalue weighted by Crippen LogP contribution is 2.39. The van der Waals surface area contributed by atoms with E-state index in [4.69, 9.17) is 9.84 Å². The number of hydrogen-bond acceptors (Lipinski definition) is 3. The van der Waals surface area contributed by atoms with Crippen LogP contribution in [-0.2, 0) is 0 Å². The SMILES string of the molecule is COc1c(O)cc(Br)c(C(C)CO)c1F. The number of aliphatic hydroxyl groups is 1. The maximum atomic E-state index is 13.8. The summed E-state index contributed by atoms with van der Waals surface area (Å²) in [5.41, 5.74) is 0.298. The van der Waals surface area contributed by atoms with Gasteiger partial charge in [0, 0.05) is 22.6 Å². The van der Waals surface area contributed by atoms with Crippen LogP contribution in [0.1, 0.15) is 18.4 Å². The molecule has 1 rings (SSSR count). The Balaban J connectivity index is 3.38. The first kappa shape index (κ1) is 12.3. The standard InChI is InChI=1S/C10H12BrFO3/c1-5(4-13)8-6(11)3-7(14)10(15-2)9(8)12/h3,5,13-14H,4H2,1-2H3. The Hall–Kier alpha value is -0.810. The molecule has 0 radical (unpaired) electrons. The van der Waals surface area contributed by atoms with Gasteiger partial charge in [-0.1, -0.05) is 22.9 Å². The average Bonchev–Trinajstić information content (AvgIpc) is 2.17. The fraction of sp³-hybridized carbons (Fsp3) is 0.400. The predicted octanol–water partition coefficient (Wildman–Crippen LogP) is 2.40. The quantitative estimate of drug-likeness (QED) is 0.893. The Labute approximate surface area is 95.6 Å². The van der Waals surface area contributed by atoms with Crippen LogP contribution in [0.15, 0.2) is 10.5 Å². The second kappa shape index (κ2) is 4.81. The van der Waals surface area contributed by atoms with Crippen molar-refractivity contribution in [2.24, 2.45) is 0 Å². The highest BCUT2D eigenvalue weighted by atomic mass is 79.9. The topological polar surface area (TPSA) is 49.7 Å². The van der Waals surface area contributed by atoms with Gasteiger partial charge >= 0.3 is 0 Å². The van der Waals surface area contributed by atoms with Crippen molar-refractivity contribution in [1.29, 1.82) is 0 Å². The van der Waals surface area contributed by atoms with Gasteiger partial charge in [-0.05, 0) is 6.07 Å². The third kappa shape index (κ3) is 2.23. The number of halogens is 2. The molecule has 0 aliphatic heterocycles. The molecule has 0 saturated carbocycles. The minimum atomic E-state index is -0.647. The van der Waals surface area contributed by atoms with E-state index >= 15 is 0 Å². The number of hydrogen-bond donors (Lipinski definition) is 2. The summed E-state index contributed by atoms with van der Waals surface area (Å²) in [5, 5.41) is 18.4. The fourth-order valence-corrected chi connectivity index (χ4v) is 2.12. The molecule has 3 nitrogen and oxygen atoms in total. The van der Waals surface area contributed by atoms with E-state index in [0.717, 1.165) is 0 Å². The van der Waals surface area contributed by atoms with E-state index in [1.807, 2.05) is 0 Å². The van der Waals surface area contributed by atoms with E-state index in [2.05, 4.69) is 15.9 Å². The summed E-state index contributed by atoms with van der Waals surface area (Å²) >= 11 is 3.14. The largest absolute Gasteiger partial charge is 0.504 e. The van der Waals surface area contributed by atoms with Crippen LogP contribution in [0.5, 0.6) is 11.5 Å². The van der Waals surface area contributed by atoms with Crippen molar-refractivity contribution in [3.05, 3.63) is 21.9 Å². The molecule has 0 aliphatic carbocycles. The van der Waals surface area contributed by atoms with Gasteiger partial charge in [-0.3, -0.25) is 0 Å². The number of ether oxygens (including phenoxy) is 1. The van der Waals surface area contributed by atoms with E-state index in [9.17, 15) is 9.50 Å². The summed E-state index contributed by atoms with van der Waals surface area (Å²) in [4.78, 5) is 0. The molecule has 1 aromatic carbocycles. The molecule has 2 N–H and O–H groups in total. The van der Waals surface area contributed by atoms with Crippen LogP contribution in [0, 0.1) is 5.82 Å². The molecule has 0 bridgehead atoms. The van der Waals surface area contributed by atoms with Crippen molar-refractivity contribution in [3.63, 3.8) is 0 Å². The Bertz CT molecular complexity index is 368. The Morgan fingerprint density at radius 1 is 1.60 bits per heavy atom. The second-order valence-electron chi connectivity index (χ2n) is 3.22. The lowest BCUT2D eigenvalue weighted by Crippen LogP contribution is -2.05.